The van der Waals surface area contributed by atoms with Crippen LogP contribution in [0.5, 0.6) is 0 Å². The van der Waals surface area contributed by atoms with Gasteiger partial charge in [-0.25, -0.2) is 0 Å². The molecule has 4 rings (SSSR count). The molecule has 0 aliphatic carbocycles. The normalized spacial score (nSPS) is 11.0. The van der Waals surface area contributed by atoms with Crippen LogP contribution in [0.1, 0.15) is 47.1 Å². The summed E-state index contributed by atoms with van der Waals surface area (Å²) in [6, 6.07) is 11.3. The minimum atomic E-state index is -0.244. The first kappa shape index (κ1) is 20.3. The van der Waals surface area contributed by atoms with Crippen molar-refractivity contribution in [3.63, 3.8) is 0 Å². The highest BCUT2D eigenvalue weighted by molar-refractivity contribution is 5.99. The summed E-state index contributed by atoms with van der Waals surface area (Å²) >= 11 is 0. The van der Waals surface area contributed by atoms with E-state index in [1.807, 2.05) is 51.1 Å². The van der Waals surface area contributed by atoms with Crippen molar-refractivity contribution in [2.45, 2.75) is 33.2 Å². The minimum Gasteiger partial charge on any atom is -0.348 e. The zero-order chi connectivity index (χ0) is 21.8. The maximum absolute atomic E-state index is 13.2. The van der Waals surface area contributed by atoms with Crippen molar-refractivity contribution >= 4 is 5.91 Å². The molecule has 4 aromatic rings. The monoisotopic (exact) mass is 414 g/mol. The molecule has 0 aliphatic heterocycles. The number of carbonyl (C=O) groups excluding carboxylic acids is 1. The van der Waals surface area contributed by atoms with Crippen molar-refractivity contribution in [2.75, 3.05) is 0 Å². The molecule has 0 saturated heterocycles. The van der Waals surface area contributed by atoms with Crippen molar-refractivity contribution in [3.8, 4) is 16.9 Å². The lowest BCUT2D eigenvalue weighted by Gasteiger charge is -2.14. The van der Waals surface area contributed by atoms with Crippen molar-refractivity contribution in [1.29, 1.82) is 0 Å². The Balaban J connectivity index is 1.74. The van der Waals surface area contributed by atoms with Gasteiger partial charge in [0.2, 0.25) is 0 Å². The maximum Gasteiger partial charge on any atom is 0.253 e. The average Bonchev–Trinajstić information content (AvgIpc) is 3.28. The fourth-order valence-corrected chi connectivity index (χ4v) is 3.13. The van der Waals surface area contributed by atoms with Crippen LogP contribution in [0, 0.1) is 6.92 Å². The molecule has 9 nitrogen and oxygen atoms in total. The Morgan fingerprint density at radius 2 is 1.97 bits per heavy atom. The van der Waals surface area contributed by atoms with Gasteiger partial charge in [0, 0.05) is 30.4 Å². The van der Waals surface area contributed by atoms with Crippen molar-refractivity contribution in [1.82, 2.24) is 40.7 Å². The van der Waals surface area contributed by atoms with Crippen LogP contribution in [0.15, 0.2) is 55.0 Å². The van der Waals surface area contributed by atoms with Crippen molar-refractivity contribution in [3.05, 3.63) is 77.5 Å². The van der Waals surface area contributed by atoms with Crippen LogP contribution < -0.4 is 5.32 Å². The molecule has 0 bridgehead atoms. The standard InChI is InChI=1S/C22H22N8O/c1-14(2)21-27-28-29-30(21)20-7-5-17(19-6-4-15(3)11-23-19)10-18(20)22(31)24-12-16-8-9-25-26-13-16/h4-11,13-14H,12H2,1-3H3,(H,24,31). The lowest BCUT2D eigenvalue weighted by atomic mass is 10.0. The second-order valence-electron chi connectivity index (χ2n) is 7.49. The van der Waals surface area contributed by atoms with Gasteiger partial charge in [0.05, 0.1) is 23.1 Å². The Hall–Kier alpha value is -4.01. The Morgan fingerprint density at radius 1 is 1.10 bits per heavy atom. The van der Waals surface area contributed by atoms with E-state index in [0.717, 1.165) is 22.4 Å². The number of rotatable bonds is 6. The van der Waals surface area contributed by atoms with E-state index in [1.54, 1.807) is 29.3 Å². The van der Waals surface area contributed by atoms with Gasteiger partial charge in [-0.3, -0.25) is 9.78 Å². The number of hydrogen-bond acceptors (Lipinski definition) is 7. The molecule has 1 N–H and O–H groups in total. The van der Waals surface area contributed by atoms with Gasteiger partial charge in [-0.1, -0.05) is 26.0 Å². The zero-order valence-corrected chi connectivity index (χ0v) is 17.5. The number of nitrogens with zero attached hydrogens (tertiary/aromatic N) is 7. The van der Waals surface area contributed by atoms with Crippen molar-refractivity contribution < 1.29 is 4.79 Å². The van der Waals surface area contributed by atoms with Crippen LogP contribution in [0.4, 0.5) is 0 Å². The molecule has 9 heteroatoms. The van der Waals surface area contributed by atoms with Gasteiger partial charge >= 0.3 is 0 Å². The maximum atomic E-state index is 13.2. The largest absolute Gasteiger partial charge is 0.348 e. The van der Waals surface area contributed by atoms with Crippen LogP contribution in [0.25, 0.3) is 16.9 Å². The summed E-state index contributed by atoms with van der Waals surface area (Å²) in [6.07, 6.45) is 5.01. The molecule has 0 radical (unpaired) electrons. The SMILES string of the molecule is Cc1ccc(-c2ccc(-n3nnnc3C(C)C)c(C(=O)NCc3ccnnc3)c2)nc1. The van der Waals surface area contributed by atoms with E-state index >= 15 is 0 Å². The number of amides is 1. The second-order valence-corrected chi connectivity index (χ2v) is 7.49. The van der Waals surface area contributed by atoms with E-state index in [-0.39, 0.29) is 11.8 Å². The smallest absolute Gasteiger partial charge is 0.253 e. The summed E-state index contributed by atoms with van der Waals surface area (Å²) in [5.41, 5.74) is 4.60. The molecule has 0 spiro atoms. The van der Waals surface area contributed by atoms with E-state index in [0.29, 0.717) is 23.6 Å². The minimum absolute atomic E-state index is 0.0900. The predicted molar refractivity (Wildman–Crippen MR) is 114 cm³/mol. The first-order chi connectivity index (χ1) is 15.0. The van der Waals surface area contributed by atoms with E-state index < -0.39 is 0 Å². The zero-order valence-electron chi connectivity index (χ0n) is 17.5. The molecule has 0 atom stereocenters. The van der Waals surface area contributed by atoms with Gasteiger partial charge in [-0.2, -0.15) is 14.9 Å². The number of tetrazole rings is 1. The average molecular weight is 414 g/mol. The summed E-state index contributed by atoms with van der Waals surface area (Å²) in [4.78, 5) is 17.7. The Kier molecular flexibility index (Phi) is 5.74. The Labute approximate surface area is 179 Å². The molecule has 3 aromatic heterocycles. The van der Waals surface area contributed by atoms with Gasteiger partial charge < -0.3 is 5.32 Å². The third kappa shape index (κ3) is 4.45. The summed E-state index contributed by atoms with van der Waals surface area (Å²) in [5.74, 6) is 0.520. The summed E-state index contributed by atoms with van der Waals surface area (Å²) in [6.45, 7) is 6.32. The van der Waals surface area contributed by atoms with Gasteiger partial charge in [0.15, 0.2) is 5.82 Å². The first-order valence-electron chi connectivity index (χ1n) is 9.92. The van der Waals surface area contributed by atoms with Crippen LogP contribution in [0.2, 0.25) is 0 Å². The third-order valence-corrected chi connectivity index (χ3v) is 4.79. The highest BCUT2D eigenvalue weighted by Gasteiger charge is 2.20. The number of benzene rings is 1. The molecule has 0 fully saturated rings. The highest BCUT2D eigenvalue weighted by Crippen LogP contribution is 2.25. The number of hydrogen-bond donors (Lipinski definition) is 1. The first-order valence-corrected chi connectivity index (χ1v) is 9.92. The number of carbonyl (C=O) groups is 1. The Bertz CT molecular complexity index is 1190. The Morgan fingerprint density at radius 3 is 2.68 bits per heavy atom. The van der Waals surface area contributed by atoms with Gasteiger partial charge in [0.25, 0.3) is 5.91 Å². The molecular formula is C22H22N8O. The van der Waals surface area contributed by atoms with Crippen molar-refractivity contribution in [2.24, 2.45) is 0 Å². The summed E-state index contributed by atoms with van der Waals surface area (Å²) in [5, 5.41) is 22.6. The van der Waals surface area contributed by atoms with Gasteiger partial charge in [0.1, 0.15) is 0 Å². The molecule has 31 heavy (non-hydrogen) atoms. The molecule has 3 heterocycles. The number of pyridine rings is 1. The van der Waals surface area contributed by atoms with Crippen LogP contribution in [0.3, 0.4) is 0 Å². The molecule has 0 unspecified atom stereocenters. The number of nitrogens with one attached hydrogen (secondary N) is 1. The van der Waals surface area contributed by atoms with Gasteiger partial charge in [-0.15, -0.1) is 5.10 Å². The summed E-state index contributed by atoms with van der Waals surface area (Å²) < 4.78 is 1.61. The lowest BCUT2D eigenvalue weighted by Crippen LogP contribution is -2.25. The number of aryl methyl sites for hydroxylation is 1. The fraction of sp³-hybridized carbons (Fsp3) is 0.227. The molecule has 1 aromatic carbocycles. The predicted octanol–water partition coefficient (Wildman–Crippen LogP) is 2.88. The summed E-state index contributed by atoms with van der Waals surface area (Å²) in [7, 11) is 0. The second kappa shape index (κ2) is 8.78. The molecule has 0 aliphatic rings. The highest BCUT2D eigenvalue weighted by atomic mass is 16.1. The third-order valence-electron chi connectivity index (χ3n) is 4.79. The van der Waals surface area contributed by atoms with Crippen LogP contribution >= 0.6 is 0 Å². The van der Waals surface area contributed by atoms with Gasteiger partial charge in [-0.05, 0) is 52.7 Å². The van der Waals surface area contributed by atoms with E-state index in [1.165, 1.54) is 0 Å². The quantitative estimate of drug-likeness (QED) is 0.516. The lowest BCUT2D eigenvalue weighted by molar-refractivity contribution is 0.0950. The number of aromatic nitrogens is 7. The molecular weight excluding hydrogens is 392 g/mol. The topological polar surface area (TPSA) is 111 Å². The van der Waals surface area contributed by atoms with E-state index in [9.17, 15) is 4.79 Å². The molecule has 1 amide bonds. The van der Waals surface area contributed by atoms with Crippen LogP contribution in [-0.2, 0) is 6.54 Å². The molecule has 0 saturated carbocycles. The molecule has 156 valence electrons. The van der Waals surface area contributed by atoms with E-state index in [2.05, 4.69) is 36.0 Å². The van der Waals surface area contributed by atoms with E-state index in [4.69, 9.17) is 0 Å². The fourth-order valence-electron chi connectivity index (χ4n) is 3.13. The van der Waals surface area contributed by atoms with Crippen LogP contribution in [-0.4, -0.2) is 41.3 Å².